The van der Waals surface area contributed by atoms with Gasteiger partial charge in [-0.15, -0.1) is 11.3 Å². The van der Waals surface area contributed by atoms with E-state index < -0.39 is 5.97 Å². The van der Waals surface area contributed by atoms with Gasteiger partial charge in [0.1, 0.15) is 0 Å². The fourth-order valence-electron chi connectivity index (χ4n) is 2.41. The molecule has 4 rings (SSSR count). The lowest BCUT2D eigenvalue weighted by atomic mass is 10.0. The van der Waals surface area contributed by atoms with Crippen LogP contribution in [0.2, 0.25) is 0 Å². The Kier molecular flexibility index (Phi) is 3.51. The van der Waals surface area contributed by atoms with Crippen molar-refractivity contribution in [1.82, 2.24) is 15.0 Å². The maximum atomic E-state index is 11.0. The van der Waals surface area contributed by atoms with Crippen LogP contribution in [0, 0.1) is 0 Å². The molecule has 2 heterocycles. The summed E-state index contributed by atoms with van der Waals surface area (Å²) in [5.41, 5.74) is 3.53. The van der Waals surface area contributed by atoms with Crippen molar-refractivity contribution in [3.05, 3.63) is 65.8 Å². The number of carbonyl (C=O) groups is 1. The highest BCUT2D eigenvalue weighted by Crippen LogP contribution is 2.25. The van der Waals surface area contributed by atoms with E-state index in [0.717, 1.165) is 28.0 Å². The monoisotopic (exact) mass is 333 g/mol. The van der Waals surface area contributed by atoms with Crippen LogP contribution in [0.4, 0.5) is 0 Å². The zero-order valence-corrected chi connectivity index (χ0v) is 13.2. The van der Waals surface area contributed by atoms with E-state index in [2.05, 4.69) is 27.1 Å². The zero-order chi connectivity index (χ0) is 16.5. The summed E-state index contributed by atoms with van der Waals surface area (Å²) >= 11 is 1.07. The molecule has 2 aromatic carbocycles. The summed E-state index contributed by atoms with van der Waals surface area (Å²) in [5.74, 6) is -0.517. The standard InChI is InChI=1S/C18H11N3O2S/c22-18(23)17-21-16-14(24-17)10-19-15(20-16)13-8-6-12(7-9-13)11-4-2-1-3-5-11/h1-10H,(H,22,23). The van der Waals surface area contributed by atoms with Crippen LogP contribution in [0.1, 0.15) is 9.80 Å². The first kappa shape index (κ1) is 14.5. The van der Waals surface area contributed by atoms with Gasteiger partial charge in [0.05, 0.1) is 10.9 Å². The Morgan fingerprint density at radius 2 is 1.54 bits per heavy atom. The number of benzene rings is 2. The molecule has 0 amide bonds. The number of hydrogen-bond acceptors (Lipinski definition) is 5. The molecule has 24 heavy (non-hydrogen) atoms. The number of nitrogens with zero attached hydrogens (tertiary/aromatic N) is 3. The minimum absolute atomic E-state index is 0.0240. The largest absolute Gasteiger partial charge is 0.476 e. The molecule has 0 aliphatic heterocycles. The van der Waals surface area contributed by atoms with Crippen LogP contribution in [0.25, 0.3) is 32.9 Å². The van der Waals surface area contributed by atoms with Crippen molar-refractivity contribution in [3.63, 3.8) is 0 Å². The minimum atomic E-state index is -1.05. The summed E-state index contributed by atoms with van der Waals surface area (Å²) < 4.78 is 0.664. The van der Waals surface area contributed by atoms with Gasteiger partial charge in [0.25, 0.3) is 0 Å². The van der Waals surface area contributed by atoms with Gasteiger partial charge in [-0.2, -0.15) is 0 Å². The highest BCUT2D eigenvalue weighted by atomic mass is 32.1. The normalized spacial score (nSPS) is 10.8. The fourth-order valence-corrected chi connectivity index (χ4v) is 3.13. The fraction of sp³-hybridized carbons (Fsp3) is 0. The Hall–Kier alpha value is -3.12. The van der Waals surface area contributed by atoms with E-state index in [4.69, 9.17) is 5.11 Å². The number of hydrogen-bond donors (Lipinski definition) is 1. The Labute approximate surface area is 141 Å². The van der Waals surface area contributed by atoms with Crippen molar-refractivity contribution in [2.75, 3.05) is 0 Å². The summed E-state index contributed by atoms with van der Waals surface area (Å²) in [5, 5.41) is 9.03. The first-order valence-corrected chi connectivity index (χ1v) is 8.05. The zero-order valence-electron chi connectivity index (χ0n) is 12.4. The van der Waals surface area contributed by atoms with E-state index in [1.807, 2.05) is 42.5 Å². The predicted octanol–water partition coefficient (Wildman–Crippen LogP) is 4.12. The SMILES string of the molecule is O=C(O)c1nc2nc(-c3ccc(-c4ccccc4)cc3)ncc2s1. The van der Waals surface area contributed by atoms with E-state index >= 15 is 0 Å². The number of aromatic nitrogens is 3. The van der Waals surface area contributed by atoms with Gasteiger partial charge < -0.3 is 5.11 Å². The van der Waals surface area contributed by atoms with Gasteiger partial charge in [0, 0.05) is 5.56 Å². The third-order valence-corrected chi connectivity index (χ3v) is 4.55. The van der Waals surface area contributed by atoms with Crippen molar-refractivity contribution in [1.29, 1.82) is 0 Å². The number of aromatic carboxylic acids is 1. The molecule has 5 nitrogen and oxygen atoms in total. The predicted molar refractivity (Wildman–Crippen MR) is 93.0 cm³/mol. The smallest absolute Gasteiger partial charge is 0.365 e. The minimum Gasteiger partial charge on any atom is -0.476 e. The van der Waals surface area contributed by atoms with Crippen LogP contribution in [-0.2, 0) is 0 Å². The van der Waals surface area contributed by atoms with Gasteiger partial charge in [-0.25, -0.2) is 19.7 Å². The highest BCUT2D eigenvalue weighted by molar-refractivity contribution is 7.20. The summed E-state index contributed by atoms with van der Waals surface area (Å²) in [6.45, 7) is 0. The molecule has 6 heteroatoms. The third kappa shape index (κ3) is 2.63. The quantitative estimate of drug-likeness (QED) is 0.610. The van der Waals surface area contributed by atoms with Gasteiger partial charge in [0.15, 0.2) is 11.5 Å². The number of carboxylic acid groups (broad SMARTS) is 1. The molecule has 0 unspecified atom stereocenters. The first-order valence-electron chi connectivity index (χ1n) is 7.23. The second-order valence-corrected chi connectivity index (χ2v) is 6.18. The Bertz CT molecular complexity index is 1030. The molecule has 0 bridgehead atoms. The molecule has 0 spiro atoms. The van der Waals surface area contributed by atoms with Crippen LogP contribution >= 0.6 is 11.3 Å². The first-order chi connectivity index (χ1) is 11.7. The van der Waals surface area contributed by atoms with E-state index in [-0.39, 0.29) is 5.01 Å². The lowest BCUT2D eigenvalue weighted by molar-refractivity contribution is 0.0696. The van der Waals surface area contributed by atoms with Gasteiger partial charge >= 0.3 is 5.97 Å². The van der Waals surface area contributed by atoms with Crippen molar-refractivity contribution >= 4 is 27.7 Å². The molecule has 0 saturated heterocycles. The average Bonchev–Trinajstić information content (AvgIpc) is 3.06. The van der Waals surface area contributed by atoms with E-state index in [0.29, 0.717) is 16.2 Å². The van der Waals surface area contributed by atoms with Crippen LogP contribution in [0.5, 0.6) is 0 Å². The number of fused-ring (bicyclic) bond motifs is 1. The van der Waals surface area contributed by atoms with E-state index in [1.165, 1.54) is 0 Å². The molecular formula is C18H11N3O2S. The summed E-state index contributed by atoms with van der Waals surface area (Å²) in [7, 11) is 0. The number of carboxylic acids is 1. The number of rotatable bonds is 3. The van der Waals surface area contributed by atoms with Gasteiger partial charge in [-0.1, -0.05) is 54.6 Å². The maximum absolute atomic E-state index is 11.0. The Balaban J connectivity index is 1.70. The lowest BCUT2D eigenvalue weighted by Gasteiger charge is -2.03. The summed E-state index contributed by atoms with van der Waals surface area (Å²) in [6, 6.07) is 18.0. The molecule has 0 saturated carbocycles. The van der Waals surface area contributed by atoms with Crippen molar-refractivity contribution < 1.29 is 9.90 Å². The molecule has 0 fully saturated rings. The Morgan fingerprint density at radius 3 is 2.25 bits per heavy atom. The number of thiazole rings is 1. The van der Waals surface area contributed by atoms with Gasteiger partial charge in [-0.3, -0.25) is 0 Å². The molecular weight excluding hydrogens is 322 g/mol. The lowest BCUT2D eigenvalue weighted by Crippen LogP contribution is -1.94. The van der Waals surface area contributed by atoms with Gasteiger partial charge in [-0.05, 0) is 11.1 Å². The van der Waals surface area contributed by atoms with E-state index in [1.54, 1.807) is 6.20 Å². The van der Waals surface area contributed by atoms with Gasteiger partial charge in [0.2, 0.25) is 5.01 Å². The summed E-state index contributed by atoms with van der Waals surface area (Å²) in [6.07, 6.45) is 1.62. The third-order valence-electron chi connectivity index (χ3n) is 3.58. The second-order valence-electron chi connectivity index (χ2n) is 5.15. The van der Waals surface area contributed by atoms with Crippen molar-refractivity contribution in [3.8, 4) is 22.5 Å². The van der Waals surface area contributed by atoms with Crippen LogP contribution in [0.15, 0.2) is 60.8 Å². The molecule has 2 aromatic heterocycles. The maximum Gasteiger partial charge on any atom is 0.365 e. The van der Waals surface area contributed by atoms with Crippen LogP contribution in [-0.4, -0.2) is 26.0 Å². The summed E-state index contributed by atoms with van der Waals surface area (Å²) in [4.78, 5) is 23.7. The van der Waals surface area contributed by atoms with Crippen molar-refractivity contribution in [2.45, 2.75) is 0 Å². The molecule has 1 N–H and O–H groups in total. The average molecular weight is 333 g/mol. The van der Waals surface area contributed by atoms with Crippen LogP contribution < -0.4 is 0 Å². The second kappa shape index (κ2) is 5.82. The van der Waals surface area contributed by atoms with Crippen molar-refractivity contribution in [2.24, 2.45) is 0 Å². The molecule has 0 atom stereocenters. The molecule has 0 aliphatic rings. The topological polar surface area (TPSA) is 76.0 Å². The molecule has 116 valence electrons. The van der Waals surface area contributed by atoms with E-state index in [9.17, 15) is 4.79 Å². The van der Waals surface area contributed by atoms with Crippen LogP contribution in [0.3, 0.4) is 0 Å². The molecule has 4 aromatic rings. The Morgan fingerprint density at radius 1 is 0.875 bits per heavy atom. The molecule has 0 aliphatic carbocycles. The molecule has 0 radical (unpaired) electrons. The highest BCUT2D eigenvalue weighted by Gasteiger charge is 2.13.